The number of carbonyl (C=O) groups is 1. The number of nitrogens with zero attached hydrogens (tertiary/aromatic N) is 1. The van der Waals surface area contributed by atoms with Crippen LogP contribution in [0.1, 0.15) is 24.2 Å². The predicted octanol–water partition coefficient (Wildman–Crippen LogP) is 2.82. The molecule has 0 fully saturated rings. The van der Waals surface area contributed by atoms with Crippen LogP contribution in [0.25, 0.3) is 0 Å². The molecule has 0 saturated carbocycles. The first-order valence-corrected chi connectivity index (χ1v) is 4.67. The summed E-state index contributed by atoms with van der Waals surface area (Å²) in [6.07, 6.45) is 1.33. The number of ketones is 1. The second kappa shape index (κ2) is 3.96. The van der Waals surface area contributed by atoms with Crippen LogP contribution >= 0.6 is 15.9 Å². The van der Waals surface area contributed by atoms with Crippen molar-refractivity contribution in [2.45, 2.75) is 13.8 Å². The molecule has 1 aromatic heterocycles. The summed E-state index contributed by atoms with van der Waals surface area (Å²) in [5.74, 6) is -1.15. The van der Waals surface area contributed by atoms with Gasteiger partial charge in [0.1, 0.15) is 0 Å². The average Bonchev–Trinajstić information content (AvgIpc) is 2.08. The molecule has 0 aliphatic carbocycles. The van der Waals surface area contributed by atoms with E-state index in [0.717, 1.165) is 0 Å². The fourth-order valence-corrected chi connectivity index (χ4v) is 1.24. The highest BCUT2D eigenvalue weighted by atomic mass is 79.9. The Balaban J connectivity index is 3.13. The maximum Gasteiger partial charge on any atom is 0.223 e. The Bertz CT molecular complexity index is 338. The summed E-state index contributed by atoms with van der Waals surface area (Å²) in [6, 6.07) is 1.45. The first kappa shape index (κ1) is 10.3. The van der Waals surface area contributed by atoms with Crippen LogP contribution in [0.4, 0.5) is 4.39 Å². The van der Waals surface area contributed by atoms with E-state index in [1.54, 1.807) is 13.8 Å². The van der Waals surface area contributed by atoms with Crippen LogP contribution in [0.15, 0.2) is 16.7 Å². The lowest BCUT2D eigenvalue weighted by molar-refractivity contribution is 0.0934. The number of hydrogen-bond acceptors (Lipinski definition) is 2. The molecule has 13 heavy (non-hydrogen) atoms. The summed E-state index contributed by atoms with van der Waals surface area (Å²) in [6.45, 7) is 3.45. The molecule has 0 spiro atoms. The first-order valence-electron chi connectivity index (χ1n) is 3.87. The molecule has 1 rings (SSSR count). The minimum absolute atomic E-state index is 0.0457. The highest BCUT2D eigenvalue weighted by molar-refractivity contribution is 9.10. The van der Waals surface area contributed by atoms with E-state index >= 15 is 0 Å². The Hall–Kier alpha value is -0.770. The van der Waals surface area contributed by atoms with Crippen LogP contribution in [-0.2, 0) is 0 Å². The molecule has 0 N–H and O–H groups in total. The maximum atomic E-state index is 13.0. The second-order valence-electron chi connectivity index (χ2n) is 3.01. The van der Waals surface area contributed by atoms with Gasteiger partial charge in [0.15, 0.2) is 5.78 Å². The summed E-state index contributed by atoms with van der Waals surface area (Å²) in [4.78, 5) is 14.9. The van der Waals surface area contributed by atoms with Gasteiger partial charge in [0.25, 0.3) is 0 Å². The Kier molecular flexibility index (Phi) is 3.14. The van der Waals surface area contributed by atoms with Crippen LogP contribution in [0, 0.1) is 11.9 Å². The predicted molar refractivity (Wildman–Crippen MR) is 51.1 cm³/mol. The molecular formula is C9H9BrFNO. The number of Topliss-reactive ketones (excluding diaryl/α,β-unsaturated/α-hetero) is 1. The van der Waals surface area contributed by atoms with Gasteiger partial charge in [0.05, 0.1) is 5.56 Å². The van der Waals surface area contributed by atoms with Gasteiger partial charge in [-0.05, 0) is 22.0 Å². The topological polar surface area (TPSA) is 30.0 Å². The van der Waals surface area contributed by atoms with Crippen molar-refractivity contribution >= 4 is 21.7 Å². The van der Waals surface area contributed by atoms with Crippen molar-refractivity contribution in [2.24, 2.45) is 5.92 Å². The quantitative estimate of drug-likeness (QED) is 0.593. The second-order valence-corrected chi connectivity index (χ2v) is 3.93. The van der Waals surface area contributed by atoms with Gasteiger partial charge in [-0.25, -0.2) is 4.98 Å². The van der Waals surface area contributed by atoms with E-state index in [1.165, 1.54) is 12.3 Å². The van der Waals surface area contributed by atoms with Gasteiger partial charge in [-0.3, -0.25) is 4.79 Å². The SMILES string of the molecule is CC(C)C(=O)c1cc(Br)cnc1F. The Labute approximate surface area is 84.3 Å². The summed E-state index contributed by atoms with van der Waals surface area (Å²) in [5.41, 5.74) is 0.0457. The van der Waals surface area contributed by atoms with E-state index in [1.807, 2.05) is 0 Å². The molecule has 0 radical (unpaired) electrons. The summed E-state index contributed by atoms with van der Waals surface area (Å²) < 4.78 is 13.6. The van der Waals surface area contributed by atoms with Crippen molar-refractivity contribution in [3.63, 3.8) is 0 Å². The highest BCUT2D eigenvalue weighted by Gasteiger charge is 2.16. The Morgan fingerprint density at radius 3 is 2.77 bits per heavy atom. The van der Waals surface area contributed by atoms with Crippen molar-refractivity contribution in [1.29, 1.82) is 0 Å². The number of carbonyl (C=O) groups excluding carboxylic acids is 1. The summed E-state index contributed by atoms with van der Waals surface area (Å²) in [7, 11) is 0. The number of pyridine rings is 1. The third-order valence-corrected chi connectivity index (χ3v) is 2.03. The van der Waals surface area contributed by atoms with Crippen molar-refractivity contribution in [2.75, 3.05) is 0 Å². The van der Waals surface area contributed by atoms with Crippen molar-refractivity contribution in [1.82, 2.24) is 4.98 Å². The molecule has 0 aliphatic rings. The largest absolute Gasteiger partial charge is 0.294 e. The molecule has 0 bridgehead atoms. The molecule has 0 atom stereocenters. The van der Waals surface area contributed by atoms with Crippen LogP contribution in [0.5, 0.6) is 0 Å². The maximum absolute atomic E-state index is 13.0. The van der Waals surface area contributed by atoms with Gasteiger partial charge in [-0.15, -0.1) is 0 Å². The molecule has 1 heterocycles. The van der Waals surface area contributed by atoms with Crippen molar-refractivity contribution < 1.29 is 9.18 Å². The normalized spacial score (nSPS) is 10.5. The number of hydrogen-bond donors (Lipinski definition) is 0. The van der Waals surface area contributed by atoms with E-state index < -0.39 is 5.95 Å². The molecule has 1 aromatic rings. The average molecular weight is 246 g/mol. The van der Waals surface area contributed by atoms with Gasteiger partial charge in [0.2, 0.25) is 5.95 Å². The standard InChI is InChI=1S/C9H9BrFNO/c1-5(2)8(13)7-3-6(10)4-12-9(7)11/h3-5H,1-2H3. The fraction of sp³-hybridized carbons (Fsp3) is 0.333. The lowest BCUT2D eigenvalue weighted by Crippen LogP contribution is -2.10. The fourth-order valence-electron chi connectivity index (χ4n) is 0.906. The van der Waals surface area contributed by atoms with Crippen LogP contribution in [0.2, 0.25) is 0 Å². The third-order valence-electron chi connectivity index (χ3n) is 1.60. The van der Waals surface area contributed by atoms with Crippen LogP contribution < -0.4 is 0 Å². The van der Waals surface area contributed by atoms with Gasteiger partial charge in [-0.2, -0.15) is 4.39 Å². The van der Waals surface area contributed by atoms with Crippen molar-refractivity contribution in [3.8, 4) is 0 Å². The molecule has 2 nitrogen and oxygen atoms in total. The van der Waals surface area contributed by atoms with Gasteiger partial charge in [0, 0.05) is 16.6 Å². The van der Waals surface area contributed by atoms with Crippen LogP contribution in [0.3, 0.4) is 0 Å². The smallest absolute Gasteiger partial charge is 0.223 e. The molecular weight excluding hydrogens is 237 g/mol. The van der Waals surface area contributed by atoms with Gasteiger partial charge < -0.3 is 0 Å². The van der Waals surface area contributed by atoms with Crippen LogP contribution in [-0.4, -0.2) is 10.8 Å². The summed E-state index contributed by atoms with van der Waals surface area (Å²) in [5, 5.41) is 0. The lowest BCUT2D eigenvalue weighted by atomic mass is 10.0. The van der Waals surface area contributed by atoms with E-state index in [4.69, 9.17) is 0 Å². The minimum atomic E-state index is -0.707. The monoisotopic (exact) mass is 245 g/mol. The third kappa shape index (κ3) is 2.34. The first-order chi connectivity index (χ1) is 6.02. The Morgan fingerprint density at radius 1 is 1.62 bits per heavy atom. The highest BCUT2D eigenvalue weighted by Crippen LogP contribution is 2.16. The molecule has 0 saturated heterocycles. The molecule has 70 valence electrons. The molecule has 0 amide bonds. The Morgan fingerprint density at radius 2 is 2.23 bits per heavy atom. The van der Waals surface area contributed by atoms with E-state index in [9.17, 15) is 9.18 Å². The van der Waals surface area contributed by atoms with E-state index in [2.05, 4.69) is 20.9 Å². The van der Waals surface area contributed by atoms with Gasteiger partial charge in [-0.1, -0.05) is 13.8 Å². The zero-order valence-corrected chi connectivity index (χ0v) is 8.93. The molecule has 4 heteroatoms. The number of aromatic nitrogens is 1. The number of halogens is 2. The summed E-state index contributed by atoms with van der Waals surface area (Å²) >= 11 is 3.13. The van der Waals surface area contributed by atoms with Crippen molar-refractivity contribution in [3.05, 3.63) is 28.2 Å². The number of rotatable bonds is 2. The molecule has 0 aliphatic heterocycles. The minimum Gasteiger partial charge on any atom is -0.294 e. The van der Waals surface area contributed by atoms with Gasteiger partial charge >= 0.3 is 0 Å². The van der Waals surface area contributed by atoms with E-state index in [-0.39, 0.29) is 17.3 Å². The zero-order chi connectivity index (χ0) is 10.0. The zero-order valence-electron chi connectivity index (χ0n) is 7.34. The molecule has 0 aromatic carbocycles. The lowest BCUT2D eigenvalue weighted by Gasteiger charge is -2.04. The molecule has 0 unspecified atom stereocenters. The van der Waals surface area contributed by atoms with E-state index in [0.29, 0.717) is 4.47 Å².